The van der Waals surface area contributed by atoms with E-state index in [-0.39, 0.29) is 6.10 Å². The van der Waals surface area contributed by atoms with Crippen LogP contribution in [0.2, 0.25) is 5.02 Å². The average Bonchev–Trinajstić information content (AvgIpc) is 2.19. The number of rotatable bonds is 4. The van der Waals surface area contributed by atoms with Crippen molar-refractivity contribution in [2.24, 2.45) is 5.73 Å². The molecule has 1 atom stereocenters. The van der Waals surface area contributed by atoms with Gasteiger partial charge in [-0.1, -0.05) is 17.7 Å². The molecule has 2 nitrogen and oxygen atoms in total. The molecule has 78 valence electrons. The van der Waals surface area contributed by atoms with E-state index >= 15 is 0 Å². The zero-order chi connectivity index (χ0) is 10.6. The molecule has 0 aromatic heterocycles. The van der Waals surface area contributed by atoms with Crippen LogP contribution in [0.15, 0.2) is 22.7 Å². The Morgan fingerprint density at radius 1 is 1.57 bits per heavy atom. The Kier molecular flexibility index (Phi) is 4.89. The summed E-state index contributed by atoms with van der Waals surface area (Å²) in [5.41, 5.74) is 6.65. The Morgan fingerprint density at radius 2 is 2.29 bits per heavy atom. The van der Waals surface area contributed by atoms with Crippen molar-refractivity contribution in [3.05, 3.63) is 33.3 Å². The predicted molar refractivity (Wildman–Crippen MR) is 62.6 cm³/mol. The summed E-state index contributed by atoms with van der Waals surface area (Å²) in [7, 11) is 0. The number of nitrogens with two attached hydrogens (primary N) is 1. The molecule has 1 rings (SSSR count). The quantitative estimate of drug-likeness (QED) is 0.918. The molecule has 0 saturated carbocycles. The van der Waals surface area contributed by atoms with Gasteiger partial charge < -0.3 is 10.5 Å². The van der Waals surface area contributed by atoms with Crippen molar-refractivity contribution >= 4 is 27.5 Å². The highest BCUT2D eigenvalue weighted by atomic mass is 79.9. The number of halogens is 2. The van der Waals surface area contributed by atoms with Crippen molar-refractivity contribution < 1.29 is 4.74 Å². The second-order valence-electron chi connectivity index (χ2n) is 2.85. The molecule has 0 aliphatic rings. The van der Waals surface area contributed by atoms with Crippen LogP contribution in [0.4, 0.5) is 0 Å². The molecule has 0 fully saturated rings. The molecule has 0 bridgehead atoms. The summed E-state index contributed by atoms with van der Waals surface area (Å²) < 4.78 is 6.35. The van der Waals surface area contributed by atoms with Gasteiger partial charge in [-0.25, -0.2) is 0 Å². The molecular weight excluding hydrogens is 265 g/mol. The van der Waals surface area contributed by atoms with Crippen LogP contribution in [0.5, 0.6) is 0 Å². The molecule has 14 heavy (non-hydrogen) atoms. The first-order chi connectivity index (χ1) is 6.69. The summed E-state index contributed by atoms with van der Waals surface area (Å²) in [5.74, 6) is 0. The van der Waals surface area contributed by atoms with Crippen LogP contribution in [-0.2, 0) is 4.74 Å². The number of benzene rings is 1. The first-order valence-electron chi connectivity index (χ1n) is 4.45. The van der Waals surface area contributed by atoms with Gasteiger partial charge in [0.25, 0.3) is 0 Å². The molecule has 1 unspecified atom stereocenters. The molecule has 0 aliphatic carbocycles. The van der Waals surface area contributed by atoms with Crippen LogP contribution in [-0.4, -0.2) is 13.2 Å². The molecule has 0 heterocycles. The zero-order valence-corrected chi connectivity index (χ0v) is 10.3. The molecule has 2 N–H and O–H groups in total. The van der Waals surface area contributed by atoms with E-state index in [1.807, 2.05) is 25.1 Å². The minimum Gasteiger partial charge on any atom is -0.372 e. The van der Waals surface area contributed by atoms with Crippen molar-refractivity contribution in [2.45, 2.75) is 13.0 Å². The Balaban J connectivity index is 2.88. The summed E-state index contributed by atoms with van der Waals surface area (Å²) in [6.07, 6.45) is -0.0476. The number of hydrogen-bond donors (Lipinski definition) is 1. The van der Waals surface area contributed by atoms with Crippen molar-refractivity contribution in [3.8, 4) is 0 Å². The van der Waals surface area contributed by atoms with Gasteiger partial charge in [-0.05, 0) is 40.5 Å². The van der Waals surface area contributed by atoms with Gasteiger partial charge in [-0.3, -0.25) is 0 Å². The third-order valence-corrected chi connectivity index (χ3v) is 3.11. The number of ether oxygens (including phenoxy) is 1. The van der Waals surface area contributed by atoms with Crippen molar-refractivity contribution in [1.29, 1.82) is 0 Å². The van der Waals surface area contributed by atoms with E-state index in [2.05, 4.69) is 15.9 Å². The van der Waals surface area contributed by atoms with Crippen molar-refractivity contribution in [1.82, 2.24) is 0 Å². The first kappa shape index (κ1) is 12.0. The minimum absolute atomic E-state index is 0.0476. The normalized spacial score (nSPS) is 12.9. The second-order valence-corrected chi connectivity index (χ2v) is 4.11. The number of hydrogen-bond acceptors (Lipinski definition) is 2. The van der Waals surface area contributed by atoms with Gasteiger partial charge in [0.2, 0.25) is 0 Å². The summed E-state index contributed by atoms with van der Waals surface area (Å²) in [6.45, 7) is 3.08. The third-order valence-electron chi connectivity index (χ3n) is 1.90. The van der Waals surface area contributed by atoms with Gasteiger partial charge >= 0.3 is 0 Å². The predicted octanol–water partition coefficient (Wildman–Crippen LogP) is 3.14. The molecular formula is C10H13BrClNO. The standard InChI is InChI=1S/C10H13BrClNO/c1-2-14-10(6-13)7-3-4-9(12)8(11)5-7/h3-5,10H,2,6,13H2,1H3. The van der Waals surface area contributed by atoms with Crippen LogP contribution in [0, 0.1) is 0 Å². The zero-order valence-electron chi connectivity index (χ0n) is 7.97. The fourth-order valence-electron chi connectivity index (χ4n) is 1.21. The Morgan fingerprint density at radius 3 is 2.79 bits per heavy atom. The smallest absolute Gasteiger partial charge is 0.0947 e. The lowest BCUT2D eigenvalue weighted by atomic mass is 10.1. The molecule has 0 spiro atoms. The van der Waals surface area contributed by atoms with Gasteiger partial charge in [-0.15, -0.1) is 0 Å². The fraction of sp³-hybridized carbons (Fsp3) is 0.400. The highest BCUT2D eigenvalue weighted by Crippen LogP contribution is 2.27. The van der Waals surface area contributed by atoms with Crippen molar-refractivity contribution in [2.75, 3.05) is 13.2 Å². The topological polar surface area (TPSA) is 35.2 Å². The summed E-state index contributed by atoms with van der Waals surface area (Å²) in [5, 5.41) is 0.695. The molecule has 1 aromatic carbocycles. The Labute approximate surface area is 97.5 Å². The van der Waals surface area contributed by atoms with Gasteiger partial charge in [0, 0.05) is 17.6 Å². The van der Waals surface area contributed by atoms with Crippen LogP contribution in [0.25, 0.3) is 0 Å². The largest absolute Gasteiger partial charge is 0.372 e. The Bertz CT molecular complexity index is 306. The van der Waals surface area contributed by atoms with Crippen molar-refractivity contribution in [3.63, 3.8) is 0 Å². The summed E-state index contributed by atoms with van der Waals surface area (Å²) in [4.78, 5) is 0. The highest BCUT2D eigenvalue weighted by Gasteiger charge is 2.10. The highest BCUT2D eigenvalue weighted by molar-refractivity contribution is 9.10. The van der Waals surface area contributed by atoms with E-state index in [9.17, 15) is 0 Å². The molecule has 0 radical (unpaired) electrons. The third kappa shape index (κ3) is 2.95. The van der Waals surface area contributed by atoms with E-state index in [1.54, 1.807) is 0 Å². The van der Waals surface area contributed by atoms with E-state index in [1.165, 1.54) is 0 Å². The molecule has 1 aromatic rings. The maximum atomic E-state index is 5.89. The molecule has 0 aliphatic heterocycles. The van der Waals surface area contributed by atoms with Gasteiger partial charge in [0.1, 0.15) is 0 Å². The van der Waals surface area contributed by atoms with E-state index in [0.29, 0.717) is 18.2 Å². The van der Waals surface area contributed by atoms with Crippen LogP contribution in [0.1, 0.15) is 18.6 Å². The maximum Gasteiger partial charge on any atom is 0.0947 e. The van der Waals surface area contributed by atoms with E-state index in [0.717, 1.165) is 10.0 Å². The van der Waals surface area contributed by atoms with Crippen LogP contribution < -0.4 is 5.73 Å². The molecule has 0 saturated heterocycles. The van der Waals surface area contributed by atoms with E-state index in [4.69, 9.17) is 22.1 Å². The minimum atomic E-state index is -0.0476. The van der Waals surface area contributed by atoms with Gasteiger partial charge in [0.15, 0.2) is 0 Å². The SMILES string of the molecule is CCOC(CN)c1ccc(Cl)c(Br)c1. The van der Waals surface area contributed by atoms with Crippen LogP contribution in [0.3, 0.4) is 0 Å². The average molecular weight is 279 g/mol. The van der Waals surface area contributed by atoms with Gasteiger partial charge in [0.05, 0.1) is 11.1 Å². The van der Waals surface area contributed by atoms with E-state index < -0.39 is 0 Å². The lowest BCUT2D eigenvalue weighted by Gasteiger charge is -2.15. The lowest BCUT2D eigenvalue weighted by molar-refractivity contribution is 0.0688. The fourth-order valence-corrected chi connectivity index (χ4v) is 1.73. The second kappa shape index (κ2) is 5.71. The Hall–Kier alpha value is -0.0900. The molecule has 4 heteroatoms. The summed E-state index contributed by atoms with van der Waals surface area (Å²) in [6, 6.07) is 5.71. The van der Waals surface area contributed by atoms with Gasteiger partial charge in [-0.2, -0.15) is 0 Å². The first-order valence-corrected chi connectivity index (χ1v) is 5.62. The van der Waals surface area contributed by atoms with Crippen LogP contribution >= 0.6 is 27.5 Å². The molecule has 0 amide bonds. The maximum absolute atomic E-state index is 5.89. The monoisotopic (exact) mass is 277 g/mol. The lowest BCUT2D eigenvalue weighted by Crippen LogP contribution is -2.15. The summed E-state index contributed by atoms with van der Waals surface area (Å²) >= 11 is 9.25.